The van der Waals surface area contributed by atoms with Crippen molar-refractivity contribution >= 4 is 10.8 Å². The first-order chi connectivity index (χ1) is 38.0. The largest absolute Gasteiger partial charge is 0.507 e. The predicted octanol–water partition coefficient (Wildman–Crippen LogP) is 15.3. The number of aromatic hydroxyl groups is 4. The summed E-state index contributed by atoms with van der Waals surface area (Å²) in [5, 5.41) is 49.1. The summed E-state index contributed by atoms with van der Waals surface area (Å²) in [6, 6.07) is 53.6. The van der Waals surface area contributed by atoms with Gasteiger partial charge in [-0.1, -0.05) is 115 Å². The Labute approximate surface area is 464 Å². The summed E-state index contributed by atoms with van der Waals surface area (Å²) in [5.74, 6) is 0.797. The minimum atomic E-state index is -0.927. The van der Waals surface area contributed by atoms with Crippen molar-refractivity contribution in [1.82, 2.24) is 0 Å². The number of phenols is 4. The lowest BCUT2D eigenvalue weighted by molar-refractivity contribution is 0.0643. The molecule has 4 N–H and O–H groups in total. The van der Waals surface area contributed by atoms with Gasteiger partial charge in [-0.3, -0.25) is 0 Å². The van der Waals surface area contributed by atoms with Crippen molar-refractivity contribution in [3.8, 4) is 34.1 Å². The van der Waals surface area contributed by atoms with Crippen LogP contribution in [0, 0.1) is 27.7 Å². The van der Waals surface area contributed by atoms with Crippen LogP contribution >= 0.6 is 0 Å². The van der Waals surface area contributed by atoms with E-state index in [4.69, 9.17) is 18.9 Å². The molecule has 0 amide bonds. The molecule has 0 fully saturated rings. The van der Waals surface area contributed by atoms with Gasteiger partial charge in [0, 0.05) is 29.4 Å². The summed E-state index contributed by atoms with van der Waals surface area (Å²) in [6.07, 6.45) is 0.535. The number of hydrogen-bond donors (Lipinski definition) is 4. The quantitative estimate of drug-likeness (QED) is 0.0756. The second-order valence-electron chi connectivity index (χ2n) is 22.4. The predicted molar refractivity (Wildman–Crippen MR) is 313 cm³/mol. The van der Waals surface area contributed by atoms with Gasteiger partial charge in [0.05, 0.1) is 56.1 Å². The van der Waals surface area contributed by atoms with Gasteiger partial charge in [-0.25, -0.2) is 0 Å². The van der Waals surface area contributed by atoms with Crippen molar-refractivity contribution in [3.63, 3.8) is 0 Å². The van der Waals surface area contributed by atoms with Crippen molar-refractivity contribution in [2.24, 2.45) is 0 Å². The minimum absolute atomic E-state index is 0.0524. The summed E-state index contributed by atoms with van der Waals surface area (Å²) in [5.41, 5.74) is 17.7. The molecule has 0 radical (unpaired) electrons. The molecular weight excluding hydrogens is 981 g/mol. The van der Waals surface area contributed by atoms with Crippen molar-refractivity contribution in [1.29, 1.82) is 0 Å². The molecule has 9 aromatic carbocycles. The highest BCUT2D eigenvalue weighted by atomic mass is 16.5. The third kappa shape index (κ3) is 9.05. The maximum Gasteiger partial charge on any atom is 0.124 e. The maximum atomic E-state index is 12.1. The van der Waals surface area contributed by atoms with E-state index in [1.54, 1.807) is 7.11 Å². The average molecular weight is 1050 g/mol. The van der Waals surface area contributed by atoms with Crippen molar-refractivity contribution in [2.75, 3.05) is 7.11 Å². The van der Waals surface area contributed by atoms with Crippen LogP contribution in [-0.2, 0) is 69.2 Å². The van der Waals surface area contributed by atoms with Crippen LogP contribution in [0.25, 0.3) is 21.9 Å². The highest BCUT2D eigenvalue weighted by molar-refractivity contribution is 5.96. The van der Waals surface area contributed by atoms with Gasteiger partial charge in [0.25, 0.3) is 0 Å². The second-order valence-corrected chi connectivity index (χ2v) is 22.4. The lowest BCUT2D eigenvalue weighted by Crippen LogP contribution is -2.37. The number of phenolic OH excluding ortho intramolecular Hbond substituents is 4. The Balaban J connectivity index is 1.06. The number of hydrogen-bond acceptors (Lipinski definition) is 8. The molecule has 0 saturated carbocycles. The second kappa shape index (κ2) is 21.2. The molecule has 79 heavy (non-hydrogen) atoms. The molecule has 11 rings (SSSR count). The van der Waals surface area contributed by atoms with Crippen LogP contribution in [0.2, 0.25) is 0 Å². The first kappa shape index (κ1) is 53.3. The first-order valence-corrected chi connectivity index (χ1v) is 27.5. The van der Waals surface area contributed by atoms with E-state index >= 15 is 0 Å². The molecule has 2 aliphatic rings. The number of aryl methyl sites for hydroxylation is 4. The van der Waals surface area contributed by atoms with E-state index in [0.717, 1.165) is 105 Å². The number of ether oxygens (including phenoxy) is 4. The molecule has 0 bridgehead atoms. The van der Waals surface area contributed by atoms with Gasteiger partial charge >= 0.3 is 0 Å². The Morgan fingerprint density at radius 2 is 0.835 bits per heavy atom. The van der Waals surface area contributed by atoms with Crippen LogP contribution in [0.4, 0.5) is 0 Å². The number of benzene rings is 9. The fraction of sp³-hybridized carbons (Fsp3) is 0.268. The Morgan fingerprint density at radius 3 is 1.37 bits per heavy atom. The number of fused-ring (bicyclic) bond motifs is 6. The molecule has 0 aliphatic heterocycles. The molecular formula is C71H70O8. The average Bonchev–Trinajstić information content (AvgIpc) is 2.80. The maximum absolute atomic E-state index is 12.1. The fourth-order valence-corrected chi connectivity index (χ4v) is 12.9. The van der Waals surface area contributed by atoms with E-state index in [1.165, 1.54) is 0 Å². The van der Waals surface area contributed by atoms with Crippen molar-refractivity contribution in [2.45, 2.75) is 118 Å². The van der Waals surface area contributed by atoms with Crippen LogP contribution in [-0.4, -0.2) is 39.7 Å². The van der Waals surface area contributed by atoms with E-state index < -0.39 is 10.8 Å². The molecule has 1 unspecified atom stereocenters. The highest BCUT2D eigenvalue weighted by Gasteiger charge is 2.48. The third-order valence-corrected chi connectivity index (χ3v) is 16.6. The topological polar surface area (TPSA) is 118 Å². The Morgan fingerprint density at radius 1 is 0.405 bits per heavy atom. The van der Waals surface area contributed by atoms with Crippen molar-refractivity contribution < 1.29 is 39.4 Å². The molecule has 0 heterocycles. The minimum Gasteiger partial charge on any atom is -0.507 e. The molecule has 0 aromatic heterocycles. The van der Waals surface area contributed by atoms with Gasteiger partial charge in [-0.2, -0.15) is 0 Å². The van der Waals surface area contributed by atoms with Crippen molar-refractivity contribution in [3.05, 3.63) is 257 Å². The highest BCUT2D eigenvalue weighted by Crippen LogP contribution is 2.59. The Hall–Kier alpha value is -7.72. The molecule has 402 valence electrons. The summed E-state index contributed by atoms with van der Waals surface area (Å²) < 4.78 is 25.0. The Kier molecular flexibility index (Phi) is 14.3. The summed E-state index contributed by atoms with van der Waals surface area (Å²) >= 11 is 0. The number of methoxy groups -OCH3 is 1. The van der Waals surface area contributed by atoms with E-state index in [2.05, 4.69) is 152 Å². The summed E-state index contributed by atoms with van der Waals surface area (Å²) in [6.45, 7) is 16.8. The molecule has 1 atom stereocenters. The van der Waals surface area contributed by atoms with Gasteiger partial charge in [0.15, 0.2) is 0 Å². The lowest BCUT2D eigenvalue weighted by atomic mass is 9.58. The molecule has 0 spiro atoms. The van der Waals surface area contributed by atoms with Crippen LogP contribution < -0.4 is 0 Å². The smallest absolute Gasteiger partial charge is 0.124 e. The molecule has 8 heteroatoms. The Bertz CT molecular complexity index is 3760. The normalized spacial score (nSPS) is 15.1. The van der Waals surface area contributed by atoms with Crippen LogP contribution in [0.15, 0.2) is 152 Å². The van der Waals surface area contributed by atoms with E-state index in [9.17, 15) is 20.4 Å². The summed E-state index contributed by atoms with van der Waals surface area (Å²) in [7, 11) is 1.65. The first-order valence-electron chi connectivity index (χ1n) is 27.5. The van der Waals surface area contributed by atoms with Gasteiger partial charge in [-0.05, 0) is 204 Å². The zero-order chi connectivity index (χ0) is 55.5. The number of rotatable bonds is 16. The molecule has 2 aliphatic carbocycles. The fourth-order valence-electron chi connectivity index (χ4n) is 12.9. The summed E-state index contributed by atoms with van der Waals surface area (Å²) in [4.78, 5) is 0. The van der Waals surface area contributed by atoms with E-state index in [-0.39, 0.29) is 68.2 Å². The third-order valence-electron chi connectivity index (χ3n) is 16.6. The zero-order valence-corrected chi connectivity index (χ0v) is 46.8. The van der Waals surface area contributed by atoms with Crippen LogP contribution in [0.3, 0.4) is 0 Å². The monoisotopic (exact) mass is 1050 g/mol. The zero-order valence-electron chi connectivity index (χ0n) is 46.8. The van der Waals surface area contributed by atoms with Crippen LogP contribution in [0.5, 0.6) is 23.0 Å². The van der Waals surface area contributed by atoms with Crippen LogP contribution in [0.1, 0.15) is 133 Å². The lowest BCUT2D eigenvalue weighted by Gasteiger charge is -2.43. The SMILES string of the molecule is COCc1cc(C2(c3cc(C)c(O)c(COCc4cccc5c4Cc4ccccc4C5(c4cc(C)c(O)c(COC(C)C)c4)c4cc(C)c(O)c(COC(C)C)c4)c3)c3ccccc3-c3cc4ccccc4cc32)cc(C)c1O. The van der Waals surface area contributed by atoms with Gasteiger partial charge in [-0.15, -0.1) is 0 Å². The van der Waals surface area contributed by atoms with Gasteiger partial charge < -0.3 is 39.4 Å². The van der Waals surface area contributed by atoms with E-state index in [1.807, 2.05) is 55.4 Å². The van der Waals surface area contributed by atoms with Gasteiger partial charge in [0.1, 0.15) is 23.0 Å². The molecule has 0 saturated heterocycles. The molecule has 9 aromatic rings. The standard InChI is InChI=1S/C71H70O8/c1-41(2)78-39-53-31-55(25-45(7)68(53)74)70(56-26-46(8)69(75)54(32-56)40-79-42(3)4)62-22-14-12-19-49(62)34-60-50(20-16-24-64(60)70)37-77-38-52-30-58(28-44(6)67(52)73)71(57-27-43(5)66(72)51(29-57)36-76-9)63-23-15-13-21-59(63)61-33-47-17-10-11-18-48(47)35-65(61)71/h10-33,35,41-42,72-75H,34,36-40H2,1-9H3. The van der Waals surface area contributed by atoms with E-state index in [0.29, 0.717) is 28.7 Å². The van der Waals surface area contributed by atoms with Gasteiger partial charge in [0.2, 0.25) is 0 Å². The molecule has 8 nitrogen and oxygen atoms in total.